The first-order chi connectivity index (χ1) is 8.70. The lowest BCUT2D eigenvalue weighted by molar-refractivity contribution is 0.253. The Hall–Kier alpha value is -1.20. The van der Waals surface area contributed by atoms with E-state index in [2.05, 4.69) is 34.3 Å². The van der Waals surface area contributed by atoms with Gasteiger partial charge in [0.25, 0.3) is 0 Å². The highest BCUT2D eigenvalue weighted by molar-refractivity contribution is 5.36. The molecular weight excluding hydrogens is 226 g/mol. The summed E-state index contributed by atoms with van der Waals surface area (Å²) in [5.41, 5.74) is 6.66. The standard InChI is InChI=1S/C13H23N5/c1-17-8-5-11(6-9-17)12-3-4-13(16-15-12)18(2)10-7-14/h3-4,11H,5-10,14H2,1-2H3. The van der Waals surface area contributed by atoms with Gasteiger partial charge in [0.05, 0.1) is 5.69 Å². The Bertz CT molecular complexity index is 356. The molecule has 100 valence electrons. The average molecular weight is 249 g/mol. The van der Waals surface area contributed by atoms with Gasteiger partial charge in [-0.2, -0.15) is 5.10 Å². The molecule has 0 aliphatic carbocycles. The van der Waals surface area contributed by atoms with E-state index in [0.717, 1.165) is 31.1 Å². The summed E-state index contributed by atoms with van der Waals surface area (Å²) in [6.07, 6.45) is 2.37. The van der Waals surface area contributed by atoms with Gasteiger partial charge in [-0.25, -0.2) is 0 Å². The molecule has 1 aliphatic heterocycles. The molecular formula is C13H23N5. The average Bonchev–Trinajstić information content (AvgIpc) is 2.40. The minimum atomic E-state index is 0.572. The first kappa shape index (κ1) is 13.2. The SMILES string of the molecule is CN1CCC(c2ccc(N(C)CCN)nn2)CC1. The number of likely N-dealkylation sites (tertiary alicyclic amines) is 1. The van der Waals surface area contributed by atoms with E-state index in [4.69, 9.17) is 5.73 Å². The zero-order valence-corrected chi connectivity index (χ0v) is 11.3. The molecule has 18 heavy (non-hydrogen) atoms. The zero-order chi connectivity index (χ0) is 13.0. The number of anilines is 1. The second-order valence-corrected chi connectivity index (χ2v) is 5.10. The smallest absolute Gasteiger partial charge is 0.151 e. The maximum Gasteiger partial charge on any atom is 0.151 e. The predicted molar refractivity (Wildman–Crippen MR) is 73.8 cm³/mol. The molecule has 0 amide bonds. The van der Waals surface area contributed by atoms with E-state index in [1.54, 1.807) is 0 Å². The molecule has 1 saturated heterocycles. The van der Waals surface area contributed by atoms with Gasteiger partial charge in [0.2, 0.25) is 0 Å². The second kappa shape index (κ2) is 6.11. The van der Waals surface area contributed by atoms with E-state index in [-0.39, 0.29) is 0 Å². The van der Waals surface area contributed by atoms with Gasteiger partial charge in [-0.1, -0.05) is 0 Å². The van der Waals surface area contributed by atoms with Crippen molar-refractivity contribution in [1.82, 2.24) is 15.1 Å². The molecule has 1 aromatic heterocycles. The fraction of sp³-hybridized carbons (Fsp3) is 0.692. The summed E-state index contributed by atoms with van der Waals surface area (Å²) in [7, 11) is 4.17. The number of rotatable bonds is 4. The maximum atomic E-state index is 5.53. The molecule has 1 fully saturated rings. The van der Waals surface area contributed by atoms with Crippen molar-refractivity contribution in [1.29, 1.82) is 0 Å². The summed E-state index contributed by atoms with van der Waals surface area (Å²) >= 11 is 0. The zero-order valence-electron chi connectivity index (χ0n) is 11.3. The van der Waals surface area contributed by atoms with E-state index in [1.807, 2.05) is 11.9 Å². The molecule has 0 radical (unpaired) electrons. The van der Waals surface area contributed by atoms with Gasteiger partial charge in [0.15, 0.2) is 5.82 Å². The van der Waals surface area contributed by atoms with E-state index >= 15 is 0 Å². The van der Waals surface area contributed by atoms with Crippen molar-refractivity contribution in [2.24, 2.45) is 5.73 Å². The molecule has 1 aromatic rings. The van der Waals surface area contributed by atoms with Crippen molar-refractivity contribution < 1.29 is 0 Å². The lowest BCUT2D eigenvalue weighted by Crippen LogP contribution is -2.30. The van der Waals surface area contributed by atoms with Gasteiger partial charge in [0.1, 0.15) is 0 Å². The summed E-state index contributed by atoms with van der Waals surface area (Å²) in [5.74, 6) is 1.47. The molecule has 0 aromatic carbocycles. The molecule has 5 nitrogen and oxygen atoms in total. The highest BCUT2D eigenvalue weighted by Crippen LogP contribution is 2.26. The van der Waals surface area contributed by atoms with E-state index in [1.165, 1.54) is 12.8 Å². The van der Waals surface area contributed by atoms with Crippen molar-refractivity contribution in [3.63, 3.8) is 0 Å². The Morgan fingerprint density at radius 2 is 2.06 bits per heavy atom. The van der Waals surface area contributed by atoms with E-state index in [0.29, 0.717) is 12.5 Å². The van der Waals surface area contributed by atoms with Crippen LogP contribution in [0.3, 0.4) is 0 Å². The van der Waals surface area contributed by atoms with Crippen LogP contribution in [0.4, 0.5) is 5.82 Å². The van der Waals surface area contributed by atoms with Crippen molar-refractivity contribution in [3.05, 3.63) is 17.8 Å². The predicted octanol–water partition coefficient (Wildman–Crippen LogP) is 0.681. The van der Waals surface area contributed by atoms with Gasteiger partial charge >= 0.3 is 0 Å². The first-order valence-electron chi connectivity index (χ1n) is 6.64. The number of hydrogen-bond donors (Lipinski definition) is 1. The Kier molecular flexibility index (Phi) is 4.49. The molecule has 0 saturated carbocycles. The molecule has 2 heterocycles. The van der Waals surface area contributed by atoms with Crippen LogP contribution in [0.5, 0.6) is 0 Å². The van der Waals surface area contributed by atoms with Crippen molar-refractivity contribution in [2.75, 3.05) is 45.2 Å². The van der Waals surface area contributed by atoms with Crippen LogP contribution >= 0.6 is 0 Å². The quantitative estimate of drug-likeness (QED) is 0.850. The third-order valence-electron chi connectivity index (χ3n) is 3.66. The Balaban J connectivity index is 1.99. The Labute approximate surface area is 109 Å². The van der Waals surface area contributed by atoms with Crippen molar-refractivity contribution in [2.45, 2.75) is 18.8 Å². The van der Waals surface area contributed by atoms with Crippen molar-refractivity contribution >= 4 is 5.82 Å². The fourth-order valence-electron chi connectivity index (χ4n) is 2.37. The van der Waals surface area contributed by atoms with Crippen LogP contribution in [-0.4, -0.2) is 55.4 Å². The third kappa shape index (κ3) is 3.17. The molecule has 0 unspecified atom stereocenters. The van der Waals surface area contributed by atoms with Crippen LogP contribution in [0.2, 0.25) is 0 Å². The summed E-state index contributed by atoms with van der Waals surface area (Å²) in [4.78, 5) is 4.40. The van der Waals surface area contributed by atoms with Crippen molar-refractivity contribution in [3.8, 4) is 0 Å². The van der Waals surface area contributed by atoms with Gasteiger partial charge in [-0.05, 0) is 45.1 Å². The maximum absolute atomic E-state index is 5.53. The molecule has 0 bridgehead atoms. The van der Waals surface area contributed by atoms with Gasteiger partial charge in [-0.3, -0.25) is 0 Å². The molecule has 2 rings (SSSR count). The van der Waals surface area contributed by atoms with Crippen LogP contribution in [0, 0.1) is 0 Å². The second-order valence-electron chi connectivity index (χ2n) is 5.10. The minimum Gasteiger partial charge on any atom is -0.357 e. The summed E-state index contributed by atoms with van der Waals surface area (Å²) in [6, 6.07) is 4.17. The molecule has 5 heteroatoms. The first-order valence-corrected chi connectivity index (χ1v) is 6.64. The topological polar surface area (TPSA) is 58.3 Å². The summed E-state index contributed by atoms with van der Waals surface area (Å²) in [6.45, 7) is 3.75. The monoisotopic (exact) mass is 249 g/mol. The lowest BCUT2D eigenvalue weighted by Gasteiger charge is -2.28. The van der Waals surface area contributed by atoms with E-state index in [9.17, 15) is 0 Å². The summed E-state index contributed by atoms with van der Waals surface area (Å²) < 4.78 is 0. The van der Waals surface area contributed by atoms with Crippen LogP contribution in [-0.2, 0) is 0 Å². The third-order valence-corrected chi connectivity index (χ3v) is 3.66. The normalized spacial score (nSPS) is 17.9. The largest absolute Gasteiger partial charge is 0.357 e. The van der Waals surface area contributed by atoms with Crippen LogP contribution in [0.1, 0.15) is 24.5 Å². The molecule has 0 spiro atoms. The van der Waals surface area contributed by atoms with Crippen LogP contribution in [0.15, 0.2) is 12.1 Å². The summed E-state index contributed by atoms with van der Waals surface area (Å²) in [5, 5.41) is 8.68. The number of nitrogens with two attached hydrogens (primary N) is 1. The van der Waals surface area contributed by atoms with Crippen LogP contribution in [0.25, 0.3) is 0 Å². The molecule has 1 aliphatic rings. The molecule has 0 atom stereocenters. The number of likely N-dealkylation sites (N-methyl/N-ethyl adjacent to an activating group) is 1. The Morgan fingerprint density at radius 3 is 2.61 bits per heavy atom. The number of nitrogens with zero attached hydrogens (tertiary/aromatic N) is 4. The number of aromatic nitrogens is 2. The number of hydrogen-bond acceptors (Lipinski definition) is 5. The van der Waals surface area contributed by atoms with Gasteiger partial charge in [0, 0.05) is 26.1 Å². The fourth-order valence-corrected chi connectivity index (χ4v) is 2.37. The number of piperidine rings is 1. The lowest BCUT2D eigenvalue weighted by atomic mass is 9.94. The Morgan fingerprint density at radius 1 is 1.33 bits per heavy atom. The van der Waals surface area contributed by atoms with Gasteiger partial charge in [-0.15, -0.1) is 5.10 Å². The van der Waals surface area contributed by atoms with Crippen LogP contribution < -0.4 is 10.6 Å². The highest BCUT2D eigenvalue weighted by atomic mass is 15.2. The molecule has 2 N–H and O–H groups in total. The van der Waals surface area contributed by atoms with Gasteiger partial charge < -0.3 is 15.5 Å². The minimum absolute atomic E-state index is 0.572. The highest BCUT2D eigenvalue weighted by Gasteiger charge is 2.19. The van der Waals surface area contributed by atoms with E-state index < -0.39 is 0 Å².